The van der Waals surface area contributed by atoms with Crippen molar-refractivity contribution in [2.45, 2.75) is 12.8 Å². The van der Waals surface area contributed by atoms with Crippen LogP contribution in [-0.2, 0) is 4.74 Å². The van der Waals surface area contributed by atoms with Gasteiger partial charge in [0.15, 0.2) is 5.96 Å². The van der Waals surface area contributed by atoms with Crippen LogP contribution in [0.4, 0.5) is 11.4 Å². The number of guanidine groups is 1. The summed E-state index contributed by atoms with van der Waals surface area (Å²) < 4.78 is 5.58. The number of non-ortho nitro benzene ring substituents is 1. The predicted octanol–water partition coefficient (Wildman–Crippen LogP) is 1.69. The molecule has 2 fully saturated rings. The van der Waals surface area contributed by atoms with E-state index in [0.717, 1.165) is 57.3 Å². The number of benzene rings is 1. The highest BCUT2D eigenvalue weighted by atomic mass is 16.6. The first-order valence-corrected chi connectivity index (χ1v) is 8.64. The Hall–Kier alpha value is -2.35. The maximum atomic E-state index is 10.6. The minimum atomic E-state index is -0.395. The van der Waals surface area contributed by atoms with Crippen LogP contribution in [0.1, 0.15) is 12.8 Å². The molecule has 0 saturated carbocycles. The van der Waals surface area contributed by atoms with Gasteiger partial charge in [-0.05, 0) is 25.0 Å². The van der Waals surface area contributed by atoms with E-state index in [4.69, 9.17) is 4.74 Å². The lowest BCUT2D eigenvalue weighted by molar-refractivity contribution is -0.384. The lowest BCUT2D eigenvalue weighted by atomic mass is 9.87. The third-order valence-corrected chi connectivity index (χ3v) is 4.95. The van der Waals surface area contributed by atoms with Gasteiger partial charge in [-0.2, -0.15) is 0 Å². The maximum absolute atomic E-state index is 10.6. The topological polar surface area (TPSA) is 92.0 Å². The van der Waals surface area contributed by atoms with Crippen LogP contribution >= 0.6 is 0 Å². The molecule has 136 valence electrons. The van der Waals surface area contributed by atoms with E-state index in [1.165, 1.54) is 12.1 Å². The van der Waals surface area contributed by atoms with E-state index in [0.29, 0.717) is 12.0 Å². The molecule has 3 rings (SSSR count). The summed E-state index contributed by atoms with van der Waals surface area (Å²) in [4.78, 5) is 16.9. The SMILES string of the molecule is CN=C(NCCNc1ccc([N+](=O)[O-])cc1)N1CCC2(CCOC2)C1. The van der Waals surface area contributed by atoms with Crippen LogP contribution < -0.4 is 10.6 Å². The molecular formula is C17H25N5O3. The van der Waals surface area contributed by atoms with Gasteiger partial charge in [-0.25, -0.2) is 0 Å². The van der Waals surface area contributed by atoms with Crippen LogP contribution in [0.15, 0.2) is 29.3 Å². The van der Waals surface area contributed by atoms with E-state index in [2.05, 4.69) is 20.5 Å². The van der Waals surface area contributed by atoms with Crippen molar-refractivity contribution in [3.8, 4) is 0 Å². The quantitative estimate of drug-likeness (QED) is 0.277. The minimum absolute atomic E-state index is 0.0999. The Morgan fingerprint density at radius 1 is 1.36 bits per heavy atom. The Morgan fingerprint density at radius 3 is 2.80 bits per heavy atom. The molecule has 25 heavy (non-hydrogen) atoms. The molecule has 0 radical (unpaired) electrons. The molecule has 1 spiro atoms. The molecule has 1 aromatic carbocycles. The van der Waals surface area contributed by atoms with Crippen LogP contribution in [0, 0.1) is 15.5 Å². The maximum Gasteiger partial charge on any atom is 0.269 e. The molecule has 0 amide bonds. The Bertz CT molecular complexity index is 626. The molecule has 2 aliphatic heterocycles. The van der Waals surface area contributed by atoms with Gasteiger partial charge < -0.3 is 20.3 Å². The van der Waals surface area contributed by atoms with Crippen LogP contribution in [0.25, 0.3) is 0 Å². The summed E-state index contributed by atoms with van der Waals surface area (Å²) in [6.45, 7) is 5.19. The normalized spacial score (nSPS) is 23.2. The molecule has 1 aromatic rings. The summed E-state index contributed by atoms with van der Waals surface area (Å²) in [5.74, 6) is 0.925. The monoisotopic (exact) mass is 347 g/mol. The van der Waals surface area contributed by atoms with Gasteiger partial charge in [0.25, 0.3) is 5.69 Å². The molecule has 8 nitrogen and oxygen atoms in total. The van der Waals surface area contributed by atoms with Crippen molar-refractivity contribution >= 4 is 17.3 Å². The van der Waals surface area contributed by atoms with Crippen molar-refractivity contribution in [1.82, 2.24) is 10.2 Å². The number of anilines is 1. The third-order valence-electron chi connectivity index (χ3n) is 4.95. The Labute approximate surface area is 147 Å². The van der Waals surface area contributed by atoms with Gasteiger partial charge in [0.2, 0.25) is 0 Å². The van der Waals surface area contributed by atoms with E-state index < -0.39 is 4.92 Å². The first-order valence-electron chi connectivity index (χ1n) is 8.64. The zero-order chi connectivity index (χ0) is 17.7. The summed E-state index contributed by atoms with van der Waals surface area (Å²) >= 11 is 0. The number of hydrogen-bond acceptors (Lipinski definition) is 5. The smallest absolute Gasteiger partial charge is 0.269 e. The molecule has 1 unspecified atom stereocenters. The lowest BCUT2D eigenvalue weighted by Crippen LogP contribution is -2.43. The zero-order valence-electron chi connectivity index (χ0n) is 14.5. The van der Waals surface area contributed by atoms with E-state index in [1.807, 2.05) is 7.05 Å². The van der Waals surface area contributed by atoms with E-state index >= 15 is 0 Å². The molecule has 0 bridgehead atoms. The number of nitrogens with one attached hydrogen (secondary N) is 2. The minimum Gasteiger partial charge on any atom is -0.383 e. The van der Waals surface area contributed by atoms with Gasteiger partial charge in [0, 0.05) is 63.1 Å². The Morgan fingerprint density at radius 2 is 2.16 bits per heavy atom. The summed E-state index contributed by atoms with van der Waals surface area (Å²) in [7, 11) is 1.81. The molecule has 2 heterocycles. The number of likely N-dealkylation sites (tertiary alicyclic amines) is 1. The number of nitrogens with zero attached hydrogens (tertiary/aromatic N) is 3. The molecule has 2 N–H and O–H groups in total. The van der Waals surface area contributed by atoms with E-state index in [9.17, 15) is 10.1 Å². The molecule has 2 aliphatic rings. The van der Waals surface area contributed by atoms with Crippen LogP contribution in [0.5, 0.6) is 0 Å². The highest BCUT2D eigenvalue weighted by Gasteiger charge is 2.42. The third kappa shape index (κ3) is 4.19. The number of nitro benzene ring substituents is 1. The van der Waals surface area contributed by atoms with Crippen molar-refractivity contribution in [1.29, 1.82) is 0 Å². The first kappa shape index (κ1) is 17.5. The van der Waals surface area contributed by atoms with E-state index in [1.54, 1.807) is 12.1 Å². The van der Waals surface area contributed by atoms with Gasteiger partial charge in [-0.15, -0.1) is 0 Å². The van der Waals surface area contributed by atoms with Gasteiger partial charge >= 0.3 is 0 Å². The fourth-order valence-electron chi connectivity index (χ4n) is 3.50. The van der Waals surface area contributed by atoms with Crippen LogP contribution in [0.3, 0.4) is 0 Å². The average Bonchev–Trinajstić information content (AvgIpc) is 3.25. The standard InChI is InChI=1S/C17H25N5O3/c1-18-16(21-10-6-17(12-21)7-11-25-13-17)20-9-8-19-14-2-4-15(5-3-14)22(23)24/h2-5,19H,6-13H2,1H3,(H,18,20). The summed E-state index contributed by atoms with van der Waals surface area (Å²) in [6.07, 6.45) is 2.30. The Balaban J connectivity index is 1.42. The van der Waals surface area contributed by atoms with Crippen molar-refractivity contribution in [3.63, 3.8) is 0 Å². The van der Waals surface area contributed by atoms with Gasteiger partial charge in [-0.1, -0.05) is 0 Å². The highest BCUT2D eigenvalue weighted by molar-refractivity contribution is 5.80. The number of nitro groups is 1. The largest absolute Gasteiger partial charge is 0.383 e. The van der Waals surface area contributed by atoms with E-state index in [-0.39, 0.29) is 5.69 Å². The second-order valence-electron chi connectivity index (χ2n) is 6.68. The number of ether oxygens (including phenoxy) is 1. The summed E-state index contributed by atoms with van der Waals surface area (Å²) in [5.41, 5.74) is 1.28. The van der Waals surface area contributed by atoms with Crippen LogP contribution in [0.2, 0.25) is 0 Å². The fourth-order valence-corrected chi connectivity index (χ4v) is 3.50. The molecular weight excluding hydrogens is 322 g/mol. The van der Waals surface area contributed by atoms with Gasteiger partial charge in [0.05, 0.1) is 11.5 Å². The molecule has 2 saturated heterocycles. The second-order valence-corrected chi connectivity index (χ2v) is 6.68. The summed E-state index contributed by atoms with van der Waals surface area (Å²) in [5, 5.41) is 17.3. The number of hydrogen-bond donors (Lipinski definition) is 2. The second kappa shape index (κ2) is 7.69. The lowest BCUT2D eigenvalue weighted by Gasteiger charge is -2.25. The van der Waals surface area contributed by atoms with Crippen molar-refractivity contribution in [2.75, 3.05) is 51.8 Å². The Kier molecular flexibility index (Phi) is 5.37. The highest BCUT2D eigenvalue weighted by Crippen LogP contribution is 2.38. The number of rotatable bonds is 5. The first-order chi connectivity index (χ1) is 12.1. The van der Waals surface area contributed by atoms with Crippen LogP contribution in [-0.4, -0.2) is 62.2 Å². The zero-order valence-corrected chi connectivity index (χ0v) is 14.5. The average molecular weight is 347 g/mol. The molecule has 8 heteroatoms. The van der Waals surface area contributed by atoms with Gasteiger partial charge in [0.1, 0.15) is 0 Å². The van der Waals surface area contributed by atoms with Gasteiger partial charge in [-0.3, -0.25) is 15.1 Å². The van der Waals surface area contributed by atoms with Crippen molar-refractivity contribution < 1.29 is 9.66 Å². The molecule has 0 aromatic heterocycles. The number of aliphatic imine (C=N–C) groups is 1. The molecule has 1 atom stereocenters. The summed E-state index contributed by atoms with van der Waals surface area (Å²) in [6, 6.07) is 6.44. The molecule has 0 aliphatic carbocycles. The van der Waals surface area contributed by atoms with Crippen molar-refractivity contribution in [2.24, 2.45) is 10.4 Å². The van der Waals surface area contributed by atoms with Crippen molar-refractivity contribution in [3.05, 3.63) is 34.4 Å². The fraction of sp³-hybridized carbons (Fsp3) is 0.588. The predicted molar refractivity (Wildman–Crippen MR) is 97.0 cm³/mol.